The highest BCUT2D eigenvalue weighted by atomic mass is 32.1. The van der Waals surface area contributed by atoms with Crippen LogP contribution in [0.1, 0.15) is 0 Å². The van der Waals surface area contributed by atoms with Gasteiger partial charge in [-0.2, -0.15) is 0 Å². The van der Waals surface area contributed by atoms with E-state index in [9.17, 15) is 4.21 Å². The van der Waals surface area contributed by atoms with E-state index in [-0.39, 0.29) is 0 Å². The summed E-state index contributed by atoms with van der Waals surface area (Å²) >= 11 is 0.523. The Morgan fingerprint density at radius 1 is 1.00 bits per heavy atom. The minimum Gasteiger partial charge on any atom is -0.255 e. The normalized spacial score (nSPS) is 10.8. The zero-order valence-corrected chi connectivity index (χ0v) is 9.20. The quantitative estimate of drug-likeness (QED) is 0.471. The maximum absolute atomic E-state index is 11.1. The minimum atomic E-state index is 0.523. The highest BCUT2D eigenvalue weighted by Crippen LogP contribution is 2.26. The summed E-state index contributed by atoms with van der Waals surface area (Å²) in [5.74, 6) is 0. The monoisotopic (exact) mass is 226 g/mol. The summed E-state index contributed by atoms with van der Waals surface area (Å²) in [6, 6.07) is 13.6. The van der Waals surface area contributed by atoms with Crippen molar-refractivity contribution < 1.29 is 4.21 Å². The largest absolute Gasteiger partial charge is 0.505 e. The Morgan fingerprint density at radius 3 is 2.75 bits per heavy atom. The molecule has 0 spiro atoms. The van der Waals surface area contributed by atoms with Gasteiger partial charge in [0.05, 0.1) is 10.9 Å². The van der Waals surface area contributed by atoms with Crippen LogP contribution >= 0.6 is 0 Å². The molecule has 3 heteroatoms. The van der Waals surface area contributed by atoms with Gasteiger partial charge < -0.3 is 0 Å². The fourth-order valence-electron chi connectivity index (χ4n) is 1.94. The molecule has 3 rings (SSSR count). The molecule has 0 saturated heterocycles. The highest BCUT2D eigenvalue weighted by molar-refractivity contribution is 7.66. The van der Waals surface area contributed by atoms with Crippen molar-refractivity contribution in [1.82, 2.24) is 4.98 Å². The summed E-state index contributed by atoms with van der Waals surface area (Å²) in [7, 11) is 0. The molecule has 2 aromatic carbocycles. The van der Waals surface area contributed by atoms with E-state index >= 15 is 0 Å². The first-order chi connectivity index (χ1) is 7.90. The van der Waals surface area contributed by atoms with Crippen LogP contribution in [0, 0.1) is 0 Å². The van der Waals surface area contributed by atoms with Gasteiger partial charge in [0.1, 0.15) is 0 Å². The van der Waals surface area contributed by atoms with Gasteiger partial charge in [-0.1, -0.05) is 30.3 Å². The van der Waals surface area contributed by atoms with Crippen molar-refractivity contribution in [2.24, 2.45) is 0 Å². The second-order valence-corrected chi connectivity index (χ2v) is 4.19. The average molecular weight is 226 g/mol. The van der Waals surface area contributed by atoms with Gasteiger partial charge in [-0.3, -0.25) is 4.98 Å². The van der Waals surface area contributed by atoms with Crippen molar-refractivity contribution >= 4 is 33.3 Å². The summed E-state index contributed by atoms with van der Waals surface area (Å²) in [5, 5.41) is 3.11. The average Bonchev–Trinajstić information content (AvgIpc) is 2.37. The molecule has 2 nitrogen and oxygen atoms in total. The van der Waals surface area contributed by atoms with Gasteiger partial charge in [0.2, 0.25) is 0 Å². The molecule has 3 aromatic rings. The van der Waals surface area contributed by atoms with Crippen molar-refractivity contribution in [2.45, 2.75) is 4.90 Å². The number of hydrogen-bond donors (Lipinski definition) is 0. The lowest BCUT2D eigenvalue weighted by molar-refractivity contribution is 0.605. The van der Waals surface area contributed by atoms with Crippen LogP contribution in [-0.2, 0) is 15.9 Å². The Morgan fingerprint density at radius 2 is 1.88 bits per heavy atom. The molecule has 0 unspecified atom stereocenters. The van der Waals surface area contributed by atoms with Crippen LogP contribution in [0.2, 0.25) is 0 Å². The summed E-state index contributed by atoms with van der Waals surface area (Å²) in [5.41, 5.74) is 0.875. The highest BCUT2D eigenvalue weighted by Gasteiger charge is 2.15. The Bertz CT molecular complexity index is 694. The van der Waals surface area contributed by atoms with Crippen molar-refractivity contribution in [3.05, 3.63) is 48.7 Å². The number of nitrogens with zero attached hydrogens (tertiary/aromatic N) is 1. The van der Waals surface area contributed by atoms with Crippen LogP contribution in [0.4, 0.5) is 0 Å². The molecule has 0 bridgehead atoms. The fraction of sp³-hybridized carbons (Fsp3) is 0. The molecule has 0 amide bonds. The third-order valence-corrected chi connectivity index (χ3v) is 3.19. The van der Waals surface area contributed by atoms with E-state index in [1.807, 2.05) is 48.7 Å². The van der Waals surface area contributed by atoms with Gasteiger partial charge in [-0.25, -0.2) is 0 Å². The van der Waals surface area contributed by atoms with E-state index in [1.165, 1.54) is 0 Å². The number of rotatable bonds is 1. The smallest absolute Gasteiger partial charge is 0.255 e. The van der Waals surface area contributed by atoms with Crippen molar-refractivity contribution in [1.29, 1.82) is 0 Å². The maximum Gasteiger partial charge on any atom is 0.505 e. The van der Waals surface area contributed by atoms with E-state index in [2.05, 4.69) is 4.98 Å². The first kappa shape index (κ1) is 9.36. The van der Waals surface area contributed by atoms with Crippen LogP contribution in [0.15, 0.2) is 53.6 Å². The second-order valence-electron chi connectivity index (χ2n) is 3.58. The number of aromatic nitrogens is 1. The molecule has 16 heavy (non-hydrogen) atoms. The fourth-order valence-corrected chi connectivity index (χ4v) is 2.38. The Labute approximate surface area is 96.4 Å². The number of fused-ring (bicyclic) bond motifs is 3. The summed E-state index contributed by atoms with van der Waals surface area (Å²) in [6.45, 7) is 0. The van der Waals surface area contributed by atoms with Crippen molar-refractivity contribution in [3.63, 3.8) is 0 Å². The molecule has 76 valence electrons. The predicted molar refractivity (Wildman–Crippen MR) is 65.6 cm³/mol. The standard InChI is InChI=1S/C13H8NOS/c15-16-12-7-3-6-11-13(12)10-5-2-1-4-9(10)8-14-11/h1-8H/q+1. The second kappa shape index (κ2) is 3.61. The summed E-state index contributed by atoms with van der Waals surface area (Å²) < 4.78 is 11.1. The molecular weight excluding hydrogens is 218 g/mol. The van der Waals surface area contributed by atoms with E-state index in [0.717, 1.165) is 26.6 Å². The first-order valence-corrected chi connectivity index (χ1v) is 5.70. The van der Waals surface area contributed by atoms with Crippen molar-refractivity contribution in [2.75, 3.05) is 0 Å². The Hall–Kier alpha value is -1.87. The van der Waals surface area contributed by atoms with Crippen LogP contribution in [0.25, 0.3) is 21.7 Å². The van der Waals surface area contributed by atoms with Gasteiger partial charge in [0.15, 0.2) is 0 Å². The number of benzene rings is 2. The zero-order valence-electron chi connectivity index (χ0n) is 8.38. The molecule has 0 fully saturated rings. The maximum atomic E-state index is 11.1. The third-order valence-electron chi connectivity index (χ3n) is 2.67. The van der Waals surface area contributed by atoms with E-state index in [4.69, 9.17) is 0 Å². The topological polar surface area (TPSA) is 30.0 Å². The summed E-state index contributed by atoms with van der Waals surface area (Å²) in [6.07, 6.45) is 1.84. The van der Waals surface area contributed by atoms with Crippen molar-refractivity contribution in [3.8, 4) is 0 Å². The van der Waals surface area contributed by atoms with Gasteiger partial charge in [-0.15, -0.1) is 0 Å². The van der Waals surface area contributed by atoms with Gasteiger partial charge >= 0.3 is 11.7 Å². The molecule has 1 aromatic heterocycles. The molecule has 0 aliphatic carbocycles. The Kier molecular flexibility index (Phi) is 2.11. The van der Waals surface area contributed by atoms with Crippen LogP contribution in [-0.4, -0.2) is 4.98 Å². The molecule has 0 radical (unpaired) electrons. The minimum absolute atomic E-state index is 0.523. The SMILES string of the molecule is O=[S+]c1cccc2ncc3ccccc3c12. The van der Waals surface area contributed by atoms with E-state index in [1.54, 1.807) is 0 Å². The molecule has 0 N–H and O–H groups in total. The first-order valence-electron chi connectivity index (χ1n) is 4.96. The van der Waals surface area contributed by atoms with Crippen LogP contribution < -0.4 is 0 Å². The molecule has 0 aliphatic heterocycles. The summed E-state index contributed by atoms with van der Waals surface area (Å²) in [4.78, 5) is 5.10. The number of hydrogen-bond acceptors (Lipinski definition) is 2. The lowest BCUT2D eigenvalue weighted by Gasteiger charge is -2.00. The van der Waals surface area contributed by atoms with Crippen LogP contribution in [0.3, 0.4) is 0 Å². The predicted octanol–water partition coefficient (Wildman–Crippen LogP) is 3.18. The lowest BCUT2D eigenvalue weighted by Crippen LogP contribution is -1.85. The van der Waals surface area contributed by atoms with E-state index < -0.39 is 0 Å². The molecule has 0 saturated carbocycles. The van der Waals surface area contributed by atoms with Gasteiger partial charge in [-0.05, 0) is 11.5 Å². The third kappa shape index (κ3) is 1.29. The molecule has 0 atom stereocenters. The van der Waals surface area contributed by atoms with Crippen LogP contribution in [0.5, 0.6) is 0 Å². The zero-order chi connectivity index (χ0) is 11.0. The molecule has 1 heterocycles. The van der Waals surface area contributed by atoms with E-state index in [0.29, 0.717) is 11.7 Å². The lowest BCUT2D eigenvalue weighted by atomic mass is 10.1. The number of pyridine rings is 1. The molecular formula is C13H8NOS+. The Balaban J connectivity index is 2.62. The molecule has 0 aliphatic rings. The van der Waals surface area contributed by atoms with Gasteiger partial charge in [0, 0.05) is 21.9 Å². The van der Waals surface area contributed by atoms with Gasteiger partial charge in [0.25, 0.3) is 4.90 Å².